The van der Waals surface area contributed by atoms with Crippen molar-refractivity contribution in [2.75, 3.05) is 18.0 Å². The van der Waals surface area contributed by atoms with Gasteiger partial charge in [0.2, 0.25) is 0 Å². The molecule has 1 amide bonds. The first-order chi connectivity index (χ1) is 16.1. The summed E-state index contributed by atoms with van der Waals surface area (Å²) in [5.74, 6) is -0.983. The first-order valence-corrected chi connectivity index (χ1v) is 12.5. The van der Waals surface area contributed by atoms with E-state index in [2.05, 4.69) is 9.88 Å². The molecule has 0 bridgehead atoms. The summed E-state index contributed by atoms with van der Waals surface area (Å²) in [7, 11) is 0. The first-order valence-electron chi connectivity index (χ1n) is 12.5. The number of hydrogen-bond donors (Lipinski definition) is 1. The largest absolute Gasteiger partial charge is 0.478 e. The van der Waals surface area contributed by atoms with E-state index in [1.54, 1.807) is 36.7 Å². The van der Waals surface area contributed by atoms with Gasteiger partial charge < -0.3 is 10.0 Å². The highest BCUT2D eigenvalue weighted by atomic mass is 16.4. The Hall–Kier alpha value is -2.73. The summed E-state index contributed by atoms with van der Waals surface area (Å²) in [6, 6.07) is 9.28. The molecule has 1 aromatic heterocycles. The lowest BCUT2D eigenvalue weighted by Crippen LogP contribution is -2.38. The zero-order valence-electron chi connectivity index (χ0n) is 19.4. The fourth-order valence-corrected chi connectivity index (χ4v) is 5.26. The number of carbonyl (C=O) groups is 2. The van der Waals surface area contributed by atoms with E-state index in [9.17, 15) is 14.7 Å². The average Bonchev–Trinajstić information content (AvgIpc) is 2.85. The molecule has 4 rings (SSSR count). The van der Waals surface area contributed by atoms with Crippen LogP contribution in [0, 0.1) is 0 Å². The number of fused-ring (bicyclic) bond motifs is 1. The molecule has 1 N–H and O–H groups in total. The van der Waals surface area contributed by atoms with Crippen molar-refractivity contribution >= 4 is 17.6 Å². The predicted octanol–water partition coefficient (Wildman–Crippen LogP) is 5.53. The lowest BCUT2D eigenvalue weighted by atomic mass is 9.93. The van der Waals surface area contributed by atoms with Crippen molar-refractivity contribution in [2.45, 2.75) is 76.8 Å². The molecule has 1 aromatic carbocycles. The van der Waals surface area contributed by atoms with Gasteiger partial charge in [0, 0.05) is 42.8 Å². The van der Waals surface area contributed by atoms with Gasteiger partial charge in [-0.3, -0.25) is 14.7 Å². The Morgan fingerprint density at radius 1 is 0.818 bits per heavy atom. The molecule has 176 valence electrons. The van der Waals surface area contributed by atoms with Gasteiger partial charge in [-0.05, 0) is 68.1 Å². The van der Waals surface area contributed by atoms with Gasteiger partial charge in [0.1, 0.15) is 0 Å². The minimum absolute atomic E-state index is 0.0528. The molecule has 2 aliphatic rings. The number of amides is 1. The Balaban J connectivity index is 1.73. The number of nitrogens with zero attached hydrogens (tertiary/aromatic N) is 3. The van der Waals surface area contributed by atoms with Crippen LogP contribution < -0.4 is 4.90 Å². The molecule has 33 heavy (non-hydrogen) atoms. The molecule has 6 nitrogen and oxygen atoms in total. The quantitative estimate of drug-likeness (QED) is 0.667. The van der Waals surface area contributed by atoms with Crippen LogP contribution in [0.4, 0.5) is 5.69 Å². The third-order valence-corrected chi connectivity index (χ3v) is 7.08. The number of rotatable bonds is 3. The molecular formula is C27H35N3O3. The molecule has 0 atom stereocenters. The minimum atomic E-state index is -0.930. The van der Waals surface area contributed by atoms with E-state index >= 15 is 0 Å². The van der Waals surface area contributed by atoms with Gasteiger partial charge in [-0.25, -0.2) is 4.79 Å². The number of carboxylic acids is 1. The van der Waals surface area contributed by atoms with E-state index in [1.807, 2.05) is 11.0 Å². The van der Waals surface area contributed by atoms with E-state index in [0.29, 0.717) is 24.7 Å². The fraction of sp³-hybridized carbons (Fsp3) is 0.519. The average molecular weight is 450 g/mol. The first kappa shape index (κ1) is 23.4. The Kier molecular flexibility index (Phi) is 8.10. The monoisotopic (exact) mass is 449 g/mol. The fourth-order valence-electron chi connectivity index (χ4n) is 5.26. The number of aromatic carboxylic acids is 1. The lowest BCUT2D eigenvalue weighted by molar-refractivity contribution is 0.0696. The molecular weight excluding hydrogens is 414 g/mol. The van der Waals surface area contributed by atoms with Gasteiger partial charge in [0.15, 0.2) is 0 Å². The van der Waals surface area contributed by atoms with Crippen LogP contribution in [0.5, 0.6) is 0 Å². The van der Waals surface area contributed by atoms with Gasteiger partial charge in [-0.15, -0.1) is 0 Å². The smallest absolute Gasteiger partial charge is 0.335 e. The molecule has 1 aliphatic heterocycles. The van der Waals surface area contributed by atoms with Crippen LogP contribution in [0.3, 0.4) is 0 Å². The van der Waals surface area contributed by atoms with Crippen LogP contribution in [-0.2, 0) is 6.54 Å². The molecule has 0 unspecified atom stereocenters. The molecule has 0 spiro atoms. The highest BCUT2D eigenvalue weighted by Crippen LogP contribution is 2.30. The molecule has 2 aromatic rings. The highest BCUT2D eigenvalue weighted by Gasteiger charge is 2.26. The Bertz CT molecular complexity index is 941. The molecule has 1 saturated carbocycles. The van der Waals surface area contributed by atoms with Crippen molar-refractivity contribution in [2.24, 2.45) is 0 Å². The van der Waals surface area contributed by atoms with E-state index in [4.69, 9.17) is 0 Å². The zero-order valence-corrected chi connectivity index (χ0v) is 19.4. The molecule has 0 saturated heterocycles. The van der Waals surface area contributed by atoms with Crippen LogP contribution in [0.2, 0.25) is 0 Å². The van der Waals surface area contributed by atoms with Crippen LogP contribution in [0.15, 0.2) is 42.7 Å². The minimum Gasteiger partial charge on any atom is -0.478 e. The standard InChI is InChI=1S/C27H35N3O3/c31-26(21-13-15-28-16-14-21)30-18-8-3-1-2-7-17-29(24-9-5-4-6-10-24)20-23-19-22(27(32)33)11-12-25(23)30/h11-16,19,24H,1-10,17-18,20H2,(H,32,33). The summed E-state index contributed by atoms with van der Waals surface area (Å²) in [5.41, 5.74) is 2.65. The summed E-state index contributed by atoms with van der Waals surface area (Å²) < 4.78 is 0. The number of benzene rings is 1. The molecule has 2 heterocycles. The maximum Gasteiger partial charge on any atom is 0.335 e. The van der Waals surface area contributed by atoms with Crippen LogP contribution in [0.25, 0.3) is 0 Å². The van der Waals surface area contributed by atoms with E-state index in [0.717, 1.165) is 30.6 Å². The maximum absolute atomic E-state index is 13.5. The topological polar surface area (TPSA) is 73.7 Å². The van der Waals surface area contributed by atoms with E-state index in [1.165, 1.54) is 51.4 Å². The van der Waals surface area contributed by atoms with Crippen molar-refractivity contribution < 1.29 is 14.7 Å². The number of aromatic nitrogens is 1. The summed E-state index contributed by atoms with van der Waals surface area (Å²) in [4.78, 5) is 33.8. The van der Waals surface area contributed by atoms with Gasteiger partial charge in [0.05, 0.1) is 5.56 Å². The second-order valence-corrected chi connectivity index (χ2v) is 9.37. The maximum atomic E-state index is 13.5. The molecule has 6 heteroatoms. The van der Waals surface area contributed by atoms with Gasteiger partial charge in [-0.2, -0.15) is 0 Å². The van der Waals surface area contributed by atoms with Gasteiger partial charge in [-0.1, -0.05) is 38.5 Å². The number of anilines is 1. The summed E-state index contributed by atoms with van der Waals surface area (Å²) in [6.07, 6.45) is 15.1. The van der Waals surface area contributed by atoms with Crippen LogP contribution in [0.1, 0.15) is 90.5 Å². The molecule has 1 fully saturated rings. The van der Waals surface area contributed by atoms with Crippen LogP contribution >= 0.6 is 0 Å². The van der Waals surface area contributed by atoms with Crippen molar-refractivity contribution in [3.8, 4) is 0 Å². The normalized spacial score (nSPS) is 19.2. The molecule has 1 aliphatic carbocycles. The SMILES string of the molecule is O=C(O)c1ccc2c(c1)CN(C1CCCCC1)CCCCCCCN2C(=O)c1ccncc1. The molecule has 0 radical (unpaired) electrons. The third kappa shape index (κ3) is 5.99. The third-order valence-electron chi connectivity index (χ3n) is 7.08. The van der Waals surface area contributed by atoms with Gasteiger partial charge in [0.25, 0.3) is 5.91 Å². The second-order valence-electron chi connectivity index (χ2n) is 9.37. The van der Waals surface area contributed by atoms with E-state index in [-0.39, 0.29) is 11.5 Å². The van der Waals surface area contributed by atoms with Gasteiger partial charge >= 0.3 is 5.97 Å². The predicted molar refractivity (Wildman–Crippen MR) is 130 cm³/mol. The zero-order chi connectivity index (χ0) is 23.0. The number of carbonyl (C=O) groups excluding carboxylic acids is 1. The van der Waals surface area contributed by atoms with Crippen LogP contribution in [-0.4, -0.2) is 46.0 Å². The Labute approximate surface area is 196 Å². The van der Waals surface area contributed by atoms with Crippen molar-refractivity contribution in [1.29, 1.82) is 0 Å². The summed E-state index contributed by atoms with van der Waals surface area (Å²) >= 11 is 0. The summed E-state index contributed by atoms with van der Waals surface area (Å²) in [5, 5.41) is 9.66. The lowest BCUT2D eigenvalue weighted by Gasteiger charge is -2.36. The second kappa shape index (κ2) is 11.4. The highest BCUT2D eigenvalue weighted by molar-refractivity contribution is 6.06. The summed E-state index contributed by atoms with van der Waals surface area (Å²) in [6.45, 7) is 2.34. The van der Waals surface area contributed by atoms with E-state index < -0.39 is 5.97 Å². The Morgan fingerprint density at radius 2 is 1.48 bits per heavy atom. The number of pyridine rings is 1. The Morgan fingerprint density at radius 3 is 2.21 bits per heavy atom. The number of hydrogen-bond acceptors (Lipinski definition) is 4. The van der Waals surface area contributed by atoms with Crippen molar-refractivity contribution in [3.63, 3.8) is 0 Å². The van der Waals surface area contributed by atoms with Crippen molar-refractivity contribution in [1.82, 2.24) is 9.88 Å². The van der Waals surface area contributed by atoms with Crippen molar-refractivity contribution in [3.05, 3.63) is 59.4 Å². The number of carboxylic acid groups (broad SMARTS) is 1.